The SMILES string of the molecule is COc1cc(C#N)c([N+](=O)[O-])c(NC2CCCN(C(=O)OC(C)(C)C)C2)c1OC. The molecule has 1 aliphatic rings. The van der Waals surface area contributed by atoms with Crippen molar-refractivity contribution in [1.82, 2.24) is 4.90 Å². The van der Waals surface area contributed by atoms with Crippen LogP contribution in [0.1, 0.15) is 39.2 Å². The molecule has 1 aromatic carbocycles. The summed E-state index contributed by atoms with van der Waals surface area (Å²) in [6.07, 6.45) is 0.940. The van der Waals surface area contributed by atoms with E-state index < -0.39 is 16.6 Å². The number of likely N-dealkylation sites (tertiary alicyclic amines) is 1. The van der Waals surface area contributed by atoms with Gasteiger partial charge in [0.25, 0.3) is 0 Å². The molecule has 1 aromatic rings. The number of carbonyl (C=O) groups is 1. The van der Waals surface area contributed by atoms with Crippen molar-refractivity contribution in [2.45, 2.75) is 45.3 Å². The molecule has 1 aliphatic heterocycles. The van der Waals surface area contributed by atoms with Gasteiger partial charge in [-0.3, -0.25) is 10.1 Å². The number of amides is 1. The zero-order valence-corrected chi connectivity index (χ0v) is 17.3. The van der Waals surface area contributed by atoms with Crippen LogP contribution in [0.4, 0.5) is 16.2 Å². The maximum atomic E-state index is 12.4. The number of anilines is 1. The van der Waals surface area contributed by atoms with Crippen LogP contribution >= 0.6 is 0 Å². The van der Waals surface area contributed by atoms with E-state index in [1.807, 2.05) is 6.07 Å². The highest BCUT2D eigenvalue weighted by Gasteiger charge is 2.33. The van der Waals surface area contributed by atoms with Gasteiger partial charge in [0, 0.05) is 25.2 Å². The fourth-order valence-corrected chi connectivity index (χ4v) is 3.18. The van der Waals surface area contributed by atoms with Crippen molar-refractivity contribution >= 4 is 17.5 Å². The molecule has 1 amide bonds. The Morgan fingerprint density at radius 3 is 2.59 bits per heavy atom. The van der Waals surface area contributed by atoms with E-state index in [2.05, 4.69) is 5.32 Å². The highest BCUT2D eigenvalue weighted by atomic mass is 16.6. The van der Waals surface area contributed by atoms with E-state index in [0.29, 0.717) is 25.9 Å². The maximum Gasteiger partial charge on any atom is 0.410 e. The molecule has 29 heavy (non-hydrogen) atoms. The number of methoxy groups -OCH3 is 2. The molecule has 0 aromatic heterocycles. The quantitative estimate of drug-likeness (QED) is 0.583. The molecule has 10 heteroatoms. The summed E-state index contributed by atoms with van der Waals surface area (Å²) >= 11 is 0. The van der Waals surface area contributed by atoms with Crippen LogP contribution in [-0.2, 0) is 4.74 Å². The number of ether oxygens (including phenoxy) is 3. The van der Waals surface area contributed by atoms with E-state index >= 15 is 0 Å². The lowest BCUT2D eigenvalue weighted by Crippen LogP contribution is -2.47. The van der Waals surface area contributed by atoms with Crippen LogP contribution in [0.3, 0.4) is 0 Å². The zero-order valence-electron chi connectivity index (χ0n) is 17.3. The topological polar surface area (TPSA) is 127 Å². The van der Waals surface area contributed by atoms with Crippen molar-refractivity contribution in [2.24, 2.45) is 0 Å². The second-order valence-electron chi connectivity index (χ2n) is 7.66. The van der Waals surface area contributed by atoms with Crippen LogP contribution in [0, 0.1) is 21.4 Å². The van der Waals surface area contributed by atoms with Crippen molar-refractivity contribution in [3.05, 3.63) is 21.7 Å². The van der Waals surface area contributed by atoms with Gasteiger partial charge in [-0.05, 0) is 33.6 Å². The third-order valence-corrected chi connectivity index (χ3v) is 4.37. The maximum absolute atomic E-state index is 12.4. The van der Waals surface area contributed by atoms with Gasteiger partial charge in [-0.15, -0.1) is 0 Å². The molecular weight excluding hydrogens is 380 g/mol. The summed E-state index contributed by atoms with van der Waals surface area (Å²) in [6, 6.07) is 2.82. The van der Waals surface area contributed by atoms with Crippen LogP contribution in [-0.4, -0.2) is 54.9 Å². The summed E-state index contributed by atoms with van der Waals surface area (Å²) < 4.78 is 16.0. The van der Waals surface area contributed by atoms with Gasteiger partial charge >= 0.3 is 11.8 Å². The van der Waals surface area contributed by atoms with E-state index in [1.54, 1.807) is 25.7 Å². The van der Waals surface area contributed by atoms with Crippen molar-refractivity contribution in [1.29, 1.82) is 5.26 Å². The largest absolute Gasteiger partial charge is 0.493 e. The van der Waals surface area contributed by atoms with E-state index in [-0.39, 0.29) is 34.5 Å². The number of nitriles is 1. The lowest BCUT2D eigenvalue weighted by molar-refractivity contribution is -0.384. The predicted octanol–water partition coefficient (Wildman–Crippen LogP) is 3.30. The monoisotopic (exact) mass is 406 g/mol. The van der Waals surface area contributed by atoms with Gasteiger partial charge in [-0.1, -0.05) is 0 Å². The van der Waals surface area contributed by atoms with Crippen molar-refractivity contribution < 1.29 is 23.9 Å². The standard InChI is InChI=1S/C19H26N4O6/c1-19(2,3)29-18(24)22-8-6-7-13(11-22)21-15-16(23(25)26)12(10-20)9-14(27-4)17(15)28-5/h9,13,21H,6-8,11H2,1-5H3. The molecule has 1 fully saturated rings. The third-order valence-electron chi connectivity index (χ3n) is 4.37. The first-order valence-corrected chi connectivity index (χ1v) is 9.19. The first kappa shape index (κ1) is 22.1. The molecule has 1 N–H and O–H groups in total. The first-order valence-electron chi connectivity index (χ1n) is 9.19. The number of piperidine rings is 1. The third kappa shape index (κ3) is 5.19. The van der Waals surface area contributed by atoms with Gasteiger partial charge in [-0.2, -0.15) is 5.26 Å². The second kappa shape index (κ2) is 8.86. The average Bonchev–Trinajstić information content (AvgIpc) is 2.65. The summed E-state index contributed by atoms with van der Waals surface area (Å²) in [4.78, 5) is 25.0. The molecule has 158 valence electrons. The van der Waals surface area contributed by atoms with Gasteiger partial charge in [0.2, 0.25) is 0 Å². The number of hydrogen-bond donors (Lipinski definition) is 1. The Morgan fingerprint density at radius 1 is 1.38 bits per heavy atom. The molecular formula is C19H26N4O6. The molecule has 0 bridgehead atoms. The minimum Gasteiger partial charge on any atom is -0.493 e. The predicted molar refractivity (Wildman–Crippen MR) is 105 cm³/mol. The van der Waals surface area contributed by atoms with Crippen LogP contribution in [0.2, 0.25) is 0 Å². The Balaban J connectivity index is 2.36. The Bertz CT molecular complexity index is 827. The Labute approximate surface area is 169 Å². The minimum atomic E-state index is -0.628. The summed E-state index contributed by atoms with van der Waals surface area (Å²) in [5.74, 6) is 0.338. The van der Waals surface area contributed by atoms with Crippen LogP contribution in [0.25, 0.3) is 0 Å². The van der Waals surface area contributed by atoms with Crippen LogP contribution in [0.15, 0.2) is 6.07 Å². The molecule has 1 atom stereocenters. The number of rotatable bonds is 5. The van der Waals surface area contributed by atoms with E-state index in [9.17, 15) is 20.2 Å². The lowest BCUT2D eigenvalue weighted by atomic mass is 10.0. The van der Waals surface area contributed by atoms with Crippen LogP contribution in [0.5, 0.6) is 11.5 Å². The molecule has 2 rings (SSSR count). The van der Waals surface area contributed by atoms with E-state index in [1.165, 1.54) is 20.3 Å². The molecule has 0 saturated carbocycles. The van der Waals surface area contributed by atoms with Crippen molar-refractivity contribution in [2.75, 3.05) is 32.6 Å². The number of carbonyl (C=O) groups excluding carboxylic acids is 1. The van der Waals surface area contributed by atoms with Crippen molar-refractivity contribution in [3.63, 3.8) is 0 Å². The lowest BCUT2D eigenvalue weighted by Gasteiger charge is -2.35. The number of nitrogens with one attached hydrogen (secondary N) is 1. The molecule has 0 aliphatic carbocycles. The number of hydrogen-bond acceptors (Lipinski definition) is 8. The summed E-state index contributed by atoms with van der Waals surface area (Å²) in [6.45, 7) is 6.21. The average molecular weight is 406 g/mol. The molecule has 0 spiro atoms. The molecule has 1 saturated heterocycles. The van der Waals surface area contributed by atoms with Crippen molar-refractivity contribution in [3.8, 4) is 17.6 Å². The molecule has 1 unspecified atom stereocenters. The van der Waals surface area contributed by atoms with Gasteiger partial charge in [0.1, 0.15) is 17.2 Å². The highest BCUT2D eigenvalue weighted by molar-refractivity contribution is 5.80. The minimum absolute atomic E-state index is 0.0597. The Hall–Kier alpha value is -3.22. The first-order chi connectivity index (χ1) is 13.6. The van der Waals surface area contributed by atoms with Crippen LogP contribution < -0.4 is 14.8 Å². The number of nitrogens with zero attached hydrogens (tertiary/aromatic N) is 3. The normalized spacial score (nSPS) is 16.6. The van der Waals surface area contributed by atoms with Gasteiger partial charge in [0.15, 0.2) is 17.2 Å². The molecule has 10 nitrogen and oxygen atoms in total. The number of benzene rings is 1. The zero-order chi connectivity index (χ0) is 21.8. The van der Waals surface area contributed by atoms with Gasteiger partial charge in [0.05, 0.1) is 19.1 Å². The Kier molecular flexibility index (Phi) is 6.74. The molecule has 0 radical (unpaired) electrons. The summed E-state index contributed by atoms with van der Waals surface area (Å²) in [5, 5.41) is 24.1. The highest BCUT2D eigenvalue weighted by Crippen LogP contribution is 2.45. The fourth-order valence-electron chi connectivity index (χ4n) is 3.18. The number of nitro benzene ring substituents is 1. The Morgan fingerprint density at radius 2 is 2.07 bits per heavy atom. The summed E-state index contributed by atoms with van der Waals surface area (Å²) in [7, 11) is 2.76. The number of nitro groups is 1. The van der Waals surface area contributed by atoms with Gasteiger partial charge in [-0.25, -0.2) is 4.79 Å². The summed E-state index contributed by atoms with van der Waals surface area (Å²) in [5.41, 5.74) is -1.09. The van der Waals surface area contributed by atoms with E-state index in [0.717, 1.165) is 0 Å². The van der Waals surface area contributed by atoms with E-state index in [4.69, 9.17) is 14.2 Å². The molecule has 1 heterocycles. The smallest absolute Gasteiger partial charge is 0.410 e. The van der Waals surface area contributed by atoms with Gasteiger partial charge < -0.3 is 24.4 Å². The second-order valence-corrected chi connectivity index (χ2v) is 7.66. The fraction of sp³-hybridized carbons (Fsp3) is 0.579.